The van der Waals surface area contributed by atoms with Gasteiger partial charge in [-0.05, 0) is 37.3 Å². The van der Waals surface area contributed by atoms with Crippen molar-refractivity contribution < 1.29 is 0 Å². The van der Waals surface area contributed by atoms with E-state index in [9.17, 15) is 0 Å². The third-order valence-electron chi connectivity index (χ3n) is 3.43. The standard InChI is InChI=1S/C15H23N/c1-2-16-15(12-14-8-9-14)11-10-13-6-4-3-5-7-13/h3-7,14-16H,2,8-12H2,1H3. The molecule has 0 aliphatic heterocycles. The largest absolute Gasteiger partial charge is 0.314 e. The van der Waals surface area contributed by atoms with Crippen LogP contribution in [-0.2, 0) is 6.42 Å². The van der Waals surface area contributed by atoms with Crippen LogP contribution in [0.15, 0.2) is 30.3 Å². The van der Waals surface area contributed by atoms with E-state index in [2.05, 4.69) is 42.6 Å². The van der Waals surface area contributed by atoms with Gasteiger partial charge in [0, 0.05) is 6.04 Å². The van der Waals surface area contributed by atoms with E-state index in [1.807, 2.05) is 0 Å². The summed E-state index contributed by atoms with van der Waals surface area (Å²) >= 11 is 0. The number of aryl methyl sites for hydroxylation is 1. The Labute approximate surface area is 99.3 Å². The lowest BCUT2D eigenvalue weighted by Gasteiger charge is -2.17. The van der Waals surface area contributed by atoms with E-state index in [-0.39, 0.29) is 0 Å². The first-order chi connectivity index (χ1) is 7.88. The smallest absolute Gasteiger partial charge is 0.00727 e. The summed E-state index contributed by atoms with van der Waals surface area (Å²) < 4.78 is 0. The van der Waals surface area contributed by atoms with Gasteiger partial charge in [0.2, 0.25) is 0 Å². The van der Waals surface area contributed by atoms with Gasteiger partial charge in [-0.15, -0.1) is 0 Å². The molecule has 0 radical (unpaired) electrons. The topological polar surface area (TPSA) is 12.0 Å². The van der Waals surface area contributed by atoms with Gasteiger partial charge in [0.25, 0.3) is 0 Å². The molecule has 1 aromatic carbocycles. The van der Waals surface area contributed by atoms with Gasteiger partial charge in [0.15, 0.2) is 0 Å². The average Bonchev–Trinajstić information content (AvgIpc) is 3.12. The fourth-order valence-corrected chi connectivity index (χ4v) is 2.33. The highest BCUT2D eigenvalue weighted by molar-refractivity contribution is 5.14. The molecule has 1 unspecified atom stereocenters. The lowest BCUT2D eigenvalue weighted by atomic mass is 10.0. The van der Waals surface area contributed by atoms with Gasteiger partial charge < -0.3 is 5.32 Å². The van der Waals surface area contributed by atoms with Gasteiger partial charge in [0.05, 0.1) is 0 Å². The molecule has 1 fully saturated rings. The molecular formula is C15H23N. The van der Waals surface area contributed by atoms with Crippen molar-refractivity contribution in [2.45, 2.75) is 45.1 Å². The molecule has 1 nitrogen and oxygen atoms in total. The average molecular weight is 217 g/mol. The first kappa shape index (κ1) is 11.7. The summed E-state index contributed by atoms with van der Waals surface area (Å²) in [5.74, 6) is 1.03. The van der Waals surface area contributed by atoms with Gasteiger partial charge in [0.1, 0.15) is 0 Å². The Kier molecular flexibility index (Phi) is 4.41. The second-order valence-corrected chi connectivity index (χ2v) is 4.96. The predicted octanol–water partition coefficient (Wildman–Crippen LogP) is 3.40. The van der Waals surface area contributed by atoms with Gasteiger partial charge in [-0.25, -0.2) is 0 Å². The summed E-state index contributed by atoms with van der Waals surface area (Å²) in [7, 11) is 0. The van der Waals surface area contributed by atoms with Crippen molar-refractivity contribution in [3.63, 3.8) is 0 Å². The number of benzene rings is 1. The van der Waals surface area contributed by atoms with Crippen LogP contribution in [0.4, 0.5) is 0 Å². The molecule has 16 heavy (non-hydrogen) atoms. The summed E-state index contributed by atoms with van der Waals surface area (Å²) in [6, 6.07) is 11.6. The molecule has 1 atom stereocenters. The van der Waals surface area contributed by atoms with E-state index >= 15 is 0 Å². The van der Waals surface area contributed by atoms with E-state index in [0.29, 0.717) is 0 Å². The fraction of sp³-hybridized carbons (Fsp3) is 0.600. The van der Waals surface area contributed by atoms with E-state index < -0.39 is 0 Å². The minimum atomic E-state index is 0.734. The molecule has 1 saturated carbocycles. The van der Waals surface area contributed by atoms with Crippen LogP contribution < -0.4 is 5.32 Å². The summed E-state index contributed by atoms with van der Waals surface area (Å²) in [6.07, 6.45) is 6.82. The number of nitrogens with one attached hydrogen (secondary N) is 1. The minimum absolute atomic E-state index is 0.734. The normalized spacial score (nSPS) is 17.3. The zero-order valence-electron chi connectivity index (χ0n) is 10.3. The van der Waals surface area contributed by atoms with Crippen LogP contribution in [0.25, 0.3) is 0 Å². The molecule has 2 rings (SSSR count). The third kappa shape index (κ3) is 3.97. The third-order valence-corrected chi connectivity index (χ3v) is 3.43. The van der Waals surface area contributed by atoms with Gasteiger partial charge in [-0.1, -0.05) is 50.1 Å². The van der Waals surface area contributed by atoms with Crippen LogP contribution >= 0.6 is 0 Å². The Bertz CT molecular complexity index is 290. The molecule has 0 heterocycles. The summed E-state index contributed by atoms with van der Waals surface area (Å²) in [5, 5.41) is 3.62. The maximum Gasteiger partial charge on any atom is 0.00727 e. The molecule has 0 bridgehead atoms. The Hall–Kier alpha value is -0.820. The molecule has 88 valence electrons. The van der Waals surface area contributed by atoms with Crippen molar-refractivity contribution in [3.05, 3.63) is 35.9 Å². The highest BCUT2D eigenvalue weighted by Crippen LogP contribution is 2.34. The Morgan fingerprint density at radius 3 is 2.62 bits per heavy atom. The first-order valence-electron chi connectivity index (χ1n) is 6.65. The Balaban J connectivity index is 1.76. The lowest BCUT2D eigenvalue weighted by molar-refractivity contribution is 0.442. The second kappa shape index (κ2) is 6.05. The SMILES string of the molecule is CCNC(CCc1ccccc1)CC1CC1. The van der Waals surface area contributed by atoms with Crippen LogP contribution in [-0.4, -0.2) is 12.6 Å². The van der Waals surface area contributed by atoms with Crippen molar-refractivity contribution in [2.75, 3.05) is 6.54 Å². The molecule has 0 amide bonds. The van der Waals surface area contributed by atoms with E-state index in [0.717, 1.165) is 18.5 Å². The van der Waals surface area contributed by atoms with Gasteiger partial charge in [-0.2, -0.15) is 0 Å². The fourth-order valence-electron chi connectivity index (χ4n) is 2.33. The highest BCUT2D eigenvalue weighted by Gasteiger charge is 2.24. The molecule has 0 spiro atoms. The molecule has 1 heteroatoms. The van der Waals surface area contributed by atoms with Crippen LogP contribution in [0.1, 0.15) is 38.2 Å². The van der Waals surface area contributed by atoms with Crippen LogP contribution in [0.2, 0.25) is 0 Å². The molecule has 1 N–H and O–H groups in total. The van der Waals surface area contributed by atoms with Crippen molar-refractivity contribution in [1.82, 2.24) is 5.32 Å². The molecular weight excluding hydrogens is 194 g/mol. The van der Waals surface area contributed by atoms with Crippen molar-refractivity contribution >= 4 is 0 Å². The Morgan fingerprint density at radius 2 is 2.00 bits per heavy atom. The molecule has 1 aliphatic carbocycles. The van der Waals surface area contributed by atoms with Crippen molar-refractivity contribution in [2.24, 2.45) is 5.92 Å². The van der Waals surface area contributed by atoms with Crippen molar-refractivity contribution in [1.29, 1.82) is 0 Å². The zero-order chi connectivity index (χ0) is 11.2. The van der Waals surface area contributed by atoms with Crippen molar-refractivity contribution in [3.8, 4) is 0 Å². The van der Waals surface area contributed by atoms with Gasteiger partial charge in [-0.3, -0.25) is 0 Å². The monoisotopic (exact) mass is 217 g/mol. The summed E-state index contributed by atoms with van der Waals surface area (Å²) in [4.78, 5) is 0. The summed E-state index contributed by atoms with van der Waals surface area (Å²) in [5.41, 5.74) is 1.47. The summed E-state index contributed by atoms with van der Waals surface area (Å²) in [6.45, 7) is 3.31. The molecule has 0 saturated heterocycles. The minimum Gasteiger partial charge on any atom is -0.314 e. The number of hydrogen-bond donors (Lipinski definition) is 1. The Morgan fingerprint density at radius 1 is 1.25 bits per heavy atom. The van der Waals surface area contributed by atoms with E-state index in [4.69, 9.17) is 0 Å². The first-order valence-corrected chi connectivity index (χ1v) is 6.65. The molecule has 1 aliphatic rings. The maximum absolute atomic E-state index is 3.62. The second-order valence-electron chi connectivity index (χ2n) is 4.96. The quantitative estimate of drug-likeness (QED) is 0.738. The number of rotatable bonds is 7. The lowest BCUT2D eigenvalue weighted by Crippen LogP contribution is -2.29. The van der Waals surface area contributed by atoms with Gasteiger partial charge >= 0.3 is 0 Å². The maximum atomic E-state index is 3.62. The number of hydrogen-bond acceptors (Lipinski definition) is 1. The zero-order valence-corrected chi connectivity index (χ0v) is 10.3. The van der Waals surface area contributed by atoms with Crippen LogP contribution in [0.3, 0.4) is 0 Å². The highest BCUT2D eigenvalue weighted by atomic mass is 14.9. The molecule has 1 aromatic rings. The van der Waals surface area contributed by atoms with E-state index in [1.165, 1.54) is 37.7 Å². The van der Waals surface area contributed by atoms with E-state index in [1.54, 1.807) is 0 Å². The van der Waals surface area contributed by atoms with Crippen LogP contribution in [0, 0.1) is 5.92 Å². The predicted molar refractivity (Wildman–Crippen MR) is 69.6 cm³/mol. The molecule has 0 aromatic heterocycles. The van der Waals surface area contributed by atoms with Crippen LogP contribution in [0.5, 0.6) is 0 Å².